The van der Waals surface area contributed by atoms with Crippen molar-refractivity contribution in [1.29, 1.82) is 0 Å². The molecule has 150 valence electrons. The summed E-state index contributed by atoms with van der Waals surface area (Å²) in [6.07, 6.45) is 18.4. The van der Waals surface area contributed by atoms with E-state index in [1.54, 1.807) is 0 Å². The Bertz CT molecular complexity index is 278. The highest BCUT2D eigenvalue weighted by Crippen LogP contribution is 2.19. The lowest BCUT2D eigenvalue weighted by Gasteiger charge is -2.15. The maximum absolute atomic E-state index is 12.3. The van der Waals surface area contributed by atoms with Gasteiger partial charge in [0.25, 0.3) is 0 Å². The van der Waals surface area contributed by atoms with Crippen LogP contribution in [0.5, 0.6) is 0 Å². The Hall–Kier alpha value is -0.570. The number of aliphatic hydroxyl groups is 1. The maximum Gasteiger partial charge on any atom is 0.308 e. The maximum atomic E-state index is 12.3. The molecule has 0 bridgehead atoms. The Balaban J connectivity index is 3.68. The third-order valence-electron chi connectivity index (χ3n) is 4.94. The number of carbonyl (C=O) groups excluding carboxylic acids is 1. The lowest BCUT2D eigenvalue weighted by molar-refractivity contribution is -0.149. The molecule has 0 aromatic rings. The molecule has 0 spiro atoms. The molecular formula is C22H44O3. The second kappa shape index (κ2) is 19.8. The van der Waals surface area contributed by atoms with E-state index < -0.39 is 0 Å². The lowest BCUT2D eigenvalue weighted by atomic mass is 9.95. The van der Waals surface area contributed by atoms with E-state index in [1.807, 2.05) is 0 Å². The minimum absolute atomic E-state index is 0.0500. The molecule has 0 radical (unpaired) electrons. The van der Waals surface area contributed by atoms with E-state index in [2.05, 4.69) is 13.8 Å². The van der Waals surface area contributed by atoms with Crippen molar-refractivity contribution >= 4 is 5.97 Å². The van der Waals surface area contributed by atoms with Crippen LogP contribution in [0.4, 0.5) is 0 Å². The van der Waals surface area contributed by atoms with Crippen molar-refractivity contribution in [3.8, 4) is 0 Å². The van der Waals surface area contributed by atoms with Crippen LogP contribution >= 0.6 is 0 Å². The molecule has 1 N–H and O–H groups in total. The number of unbranched alkanes of at least 4 members (excludes halogenated alkanes) is 11. The zero-order valence-electron chi connectivity index (χ0n) is 17.1. The molecule has 1 unspecified atom stereocenters. The van der Waals surface area contributed by atoms with Gasteiger partial charge >= 0.3 is 5.97 Å². The van der Waals surface area contributed by atoms with E-state index in [0.29, 0.717) is 13.2 Å². The van der Waals surface area contributed by atoms with Gasteiger partial charge in [0, 0.05) is 6.61 Å². The molecule has 1 atom stereocenters. The van der Waals surface area contributed by atoms with Crippen molar-refractivity contribution < 1.29 is 14.6 Å². The number of ether oxygens (including phenoxy) is 1. The molecule has 25 heavy (non-hydrogen) atoms. The first-order valence-corrected chi connectivity index (χ1v) is 11.0. The number of hydrogen-bond donors (Lipinski definition) is 1. The van der Waals surface area contributed by atoms with E-state index in [1.165, 1.54) is 44.9 Å². The van der Waals surface area contributed by atoms with E-state index in [0.717, 1.165) is 57.8 Å². The van der Waals surface area contributed by atoms with E-state index in [9.17, 15) is 4.79 Å². The topological polar surface area (TPSA) is 46.5 Å². The predicted octanol–water partition coefficient (Wildman–Crippen LogP) is 6.42. The summed E-state index contributed by atoms with van der Waals surface area (Å²) in [6.45, 7) is 5.32. The van der Waals surface area contributed by atoms with Crippen LogP contribution in [-0.4, -0.2) is 24.3 Å². The van der Waals surface area contributed by atoms with Gasteiger partial charge in [0.1, 0.15) is 0 Å². The van der Waals surface area contributed by atoms with Crippen molar-refractivity contribution in [1.82, 2.24) is 0 Å². The highest BCUT2D eigenvalue weighted by atomic mass is 16.5. The predicted molar refractivity (Wildman–Crippen MR) is 107 cm³/mol. The minimum Gasteiger partial charge on any atom is -0.465 e. The van der Waals surface area contributed by atoms with Gasteiger partial charge in [-0.15, -0.1) is 0 Å². The normalized spacial score (nSPS) is 12.3. The summed E-state index contributed by atoms with van der Waals surface area (Å²) >= 11 is 0. The molecule has 3 heteroatoms. The van der Waals surface area contributed by atoms with Crippen molar-refractivity contribution in [2.75, 3.05) is 13.2 Å². The van der Waals surface area contributed by atoms with Crippen LogP contribution in [-0.2, 0) is 9.53 Å². The number of rotatable bonds is 19. The summed E-state index contributed by atoms with van der Waals surface area (Å²) < 4.78 is 5.55. The van der Waals surface area contributed by atoms with Crippen molar-refractivity contribution in [2.24, 2.45) is 5.92 Å². The van der Waals surface area contributed by atoms with Gasteiger partial charge in [-0.05, 0) is 25.7 Å². The monoisotopic (exact) mass is 356 g/mol. The van der Waals surface area contributed by atoms with Gasteiger partial charge in [-0.1, -0.05) is 90.9 Å². The first-order valence-electron chi connectivity index (χ1n) is 11.0. The molecule has 0 aromatic heterocycles. The summed E-state index contributed by atoms with van der Waals surface area (Å²) in [7, 11) is 0. The van der Waals surface area contributed by atoms with E-state index >= 15 is 0 Å². The molecule has 0 heterocycles. The second-order valence-electron chi connectivity index (χ2n) is 7.41. The Kier molecular flexibility index (Phi) is 19.3. The molecule has 0 aromatic carbocycles. The summed E-state index contributed by atoms with van der Waals surface area (Å²) in [5.74, 6) is 0.178. The fraction of sp³-hybridized carbons (Fsp3) is 0.955. The van der Waals surface area contributed by atoms with Crippen molar-refractivity contribution in [3.05, 3.63) is 0 Å². The molecule has 0 aliphatic heterocycles. The SMILES string of the molecule is CCCCCCC(CCCC)C(=O)OCCCCCCCCCCO. The second-order valence-corrected chi connectivity index (χ2v) is 7.41. The Labute approximate surface area is 156 Å². The molecule has 0 saturated carbocycles. The highest BCUT2D eigenvalue weighted by Gasteiger charge is 2.18. The van der Waals surface area contributed by atoms with Gasteiger partial charge in [-0.2, -0.15) is 0 Å². The number of carbonyl (C=O) groups is 1. The summed E-state index contributed by atoms with van der Waals surface area (Å²) in [5, 5.41) is 8.73. The molecule has 0 saturated heterocycles. The van der Waals surface area contributed by atoms with Crippen LogP contribution in [0.15, 0.2) is 0 Å². The van der Waals surface area contributed by atoms with Crippen LogP contribution in [0.1, 0.15) is 117 Å². The molecule has 3 nitrogen and oxygen atoms in total. The fourth-order valence-corrected chi connectivity index (χ4v) is 3.21. The lowest BCUT2D eigenvalue weighted by Crippen LogP contribution is -2.18. The molecule has 0 amide bonds. The third-order valence-corrected chi connectivity index (χ3v) is 4.94. The highest BCUT2D eigenvalue weighted by molar-refractivity contribution is 5.72. The smallest absolute Gasteiger partial charge is 0.308 e. The van der Waals surface area contributed by atoms with Crippen molar-refractivity contribution in [3.63, 3.8) is 0 Å². The van der Waals surface area contributed by atoms with E-state index in [-0.39, 0.29) is 11.9 Å². The van der Waals surface area contributed by atoms with Gasteiger partial charge in [0.2, 0.25) is 0 Å². The minimum atomic E-state index is 0.0500. The van der Waals surface area contributed by atoms with Gasteiger partial charge in [-0.3, -0.25) is 4.79 Å². The summed E-state index contributed by atoms with van der Waals surface area (Å²) in [5.41, 5.74) is 0. The third kappa shape index (κ3) is 16.6. The van der Waals surface area contributed by atoms with Gasteiger partial charge in [0.05, 0.1) is 12.5 Å². The molecule has 0 aliphatic carbocycles. The van der Waals surface area contributed by atoms with Gasteiger partial charge < -0.3 is 9.84 Å². The fourth-order valence-electron chi connectivity index (χ4n) is 3.21. The average Bonchev–Trinajstić information content (AvgIpc) is 2.62. The first-order chi connectivity index (χ1) is 12.3. The zero-order chi connectivity index (χ0) is 18.6. The Morgan fingerprint density at radius 1 is 0.720 bits per heavy atom. The van der Waals surface area contributed by atoms with Crippen LogP contribution in [0.3, 0.4) is 0 Å². The molecule has 0 fully saturated rings. The quantitative estimate of drug-likeness (QED) is 0.214. The molecule has 0 rings (SSSR count). The van der Waals surface area contributed by atoms with Crippen molar-refractivity contribution in [2.45, 2.75) is 117 Å². The average molecular weight is 357 g/mol. The first kappa shape index (κ1) is 24.4. The van der Waals surface area contributed by atoms with Crippen LogP contribution in [0.25, 0.3) is 0 Å². The largest absolute Gasteiger partial charge is 0.465 e. The standard InChI is InChI=1S/C22H44O3/c1-3-5-7-14-18-21(17-6-4-2)22(24)25-20-16-13-11-9-8-10-12-15-19-23/h21,23H,3-20H2,1-2H3. The van der Waals surface area contributed by atoms with Crippen LogP contribution in [0, 0.1) is 5.92 Å². The molecule has 0 aliphatic rings. The number of hydrogen-bond acceptors (Lipinski definition) is 3. The van der Waals surface area contributed by atoms with Crippen LogP contribution in [0.2, 0.25) is 0 Å². The molecular weight excluding hydrogens is 312 g/mol. The number of aliphatic hydroxyl groups excluding tert-OH is 1. The number of esters is 1. The summed E-state index contributed by atoms with van der Waals surface area (Å²) in [4.78, 5) is 12.3. The van der Waals surface area contributed by atoms with Gasteiger partial charge in [-0.25, -0.2) is 0 Å². The Morgan fingerprint density at radius 3 is 1.84 bits per heavy atom. The zero-order valence-corrected chi connectivity index (χ0v) is 17.1. The summed E-state index contributed by atoms with van der Waals surface area (Å²) in [6, 6.07) is 0. The Morgan fingerprint density at radius 2 is 1.24 bits per heavy atom. The van der Waals surface area contributed by atoms with Crippen LogP contribution < -0.4 is 0 Å². The van der Waals surface area contributed by atoms with Gasteiger partial charge in [0.15, 0.2) is 0 Å². The van der Waals surface area contributed by atoms with E-state index in [4.69, 9.17) is 9.84 Å².